The van der Waals surface area contributed by atoms with Crippen LogP contribution in [0.15, 0.2) is 0 Å². The molecule has 9 heteroatoms. The number of ether oxygens (including phenoxy) is 1. The summed E-state index contributed by atoms with van der Waals surface area (Å²) in [4.78, 5) is 27.4. The first-order valence-corrected chi connectivity index (χ1v) is 15.9. The molecule has 2 heterocycles. The molecule has 40 heavy (non-hydrogen) atoms. The molecule has 4 fully saturated rings. The number of likely N-dealkylation sites (tertiary alicyclic amines) is 1. The molecule has 0 aromatic carbocycles. The summed E-state index contributed by atoms with van der Waals surface area (Å²) in [5.41, 5.74) is -1.43. The lowest BCUT2D eigenvalue weighted by atomic mass is 9.60. The van der Waals surface area contributed by atoms with Crippen LogP contribution in [-0.4, -0.2) is 66.6 Å². The SMILES string of the molecule is CC(C)(C)OC(=O)NCC1CCCC(C2CCN(C(=O)CC3CCC(F)C(B4OC(C)(C)C(C)(C)O4)C3)CC2)C1. The van der Waals surface area contributed by atoms with Gasteiger partial charge in [0, 0.05) is 31.9 Å². The van der Waals surface area contributed by atoms with E-state index in [-0.39, 0.29) is 23.7 Å². The van der Waals surface area contributed by atoms with E-state index < -0.39 is 30.1 Å². The molecule has 0 aromatic rings. The molecule has 0 spiro atoms. The number of piperidine rings is 1. The van der Waals surface area contributed by atoms with Crippen LogP contribution in [-0.2, 0) is 18.8 Å². The minimum absolute atomic E-state index is 0.179. The molecule has 0 aromatic heterocycles. The van der Waals surface area contributed by atoms with Crippen molar-refractivity contribution in [3.63, 3.8) is 0 Å². The number of nitrogens with one attached hydrogen (secondary N) is 1. The van der Waals surface area contributed by atoms with Gasteiger partial charge < -0.3 is 24.3 Å². The Labute approximate surface area is 242 Å². The maximum Gasteiger partial charge on any atom is 0.464 e. The Hall–Kier alpha value is -1.35. The highest BCUT2D eigenvalue weighted by atomic mass is 19.1. The highest BCUT2D eigenvalue weighted by Gasteiger charge is 2.56. The monoisotopic (exact) mass is 564 g/mol. The number of carbonyl (C=O) groups is 2. The number of nitrogens with zero attached hydrogens (tertiary/aromatic N) is 1. The van der Waals surface area contributed by atoms with Crippen molar-refractivity contribution in [3.8, 4) is 0 Å². The Morgan fingerprint density at radius 2 is 1.57 bits per heavy atom. The molecule has 0 radical (unpaired) electrons. The first kappa shape index (κ1) is 31.6. The Balaban J connectivity index is 1.20. The summed E-state index contributed by atoms with van der Waals surface area (Å²) in [5, 5.41) is 2.97. The third-order valence-corrected chi connectivity index (χ3v) is 10.3. The van der Waals surface area contributed by atoms with Crippen LogP contribution < -0.4 is 5.32 Å². The smallest absolute Gasteiger partial charge is 0.444 e. The average molecular weight is 565 g/mol. The van der Waals surface area contributed by atoms with E-state index in [1.807, 2.05) is 53.4 Å². The topological polar surface area (TPSA) is 77.1 Å². The molecule has 2 aliphatic heterocycles. The summed E-state index contributed by atoms with van der Waals surface area (Å²) in [6, 6.07) is 0. The summed E-state index contributed by atoms with van der Waals surface area (Å²) in [5.74, 6) is 1.88. The van der Waals surface area contributed by atoms with Crippen molar-refractivity contribution in [1.82, 2.24) is 10.2 Å². The molecule has 2 aliphatic carbocycles. The minimum atomic E-state index is -0.949. The van der Waals surface area contributed by atoms with Crippen molar-refractivity contribution in [3.05, 3.63) is 0 Å². The van der Waals surface area contributed by atoms with Crippen molar-refractivity contribution in [2.45, 2.75) is 141 Å². The molecule has 2 saturated heterocycles. The zero-order valence-corrected chi connectivity index (χ0v) is 26.1. The summed E-state index contributed by atoms with van der Waals surface area (Å²) < 4.78 is 32.7. The van der Waals surface area contributed by atoms with E-state index in [0.29, 0.717) is 43.6 Å². The predicted molar refractivity (Wildman–Crippen MR) is 156 cm³/mol. The van der Waals surface area contributed by atoms with Gasteiger partial charge in [-0.25, -0.2) is 9.18 Å². The van der Waals surface area contributed by atoms with Crippen LogP contribution in [0.4, 0.5) is 9.18 Å². The largest absolute Gasteiger partial charge is 0.464 e. The highest BCUT2D eigenvalue weighted by molar-refractivity contribution is 6.47. The molecule has 228 valence electrons. The first-order chi connectivity index (χ1) is 18.6. The summed E-state index contributed by atoms with van der Waals surface area (Å²) in [6.45, 7) is 16.0. The number of halogens is 1. The molecule has 5 atom stereocenters. The van der Waals surface area contributed by atoms with E-state index in [0.717, 1.165) is 45.2 Å². The molecule has 2 amide bonds. The molecular formula is C31H54BFN2O5. The summed E-state index contributed by atoms with van der Waals surface area (Å²) >= 11 is 0. The molecule has 4 aliphatic rings. The van der Waals surface area contributed by atoms with E-state index in [1.54, 1.807) is 0 Å². The molecule has 4 rings (SSSR count). The van der Waals surface area contributed by atoms with Gasteiger partial charge in [0.2, 0.25) is 5.91 Å². The predicted octanol–water partition coefficient (Wildman–Crippen LogP) is 6.55. The lowest BCUT2D eigenvalue weighted by Crippen LogP contribution is -2.43. The quantitative estimate of drug-likeness (QED) is 0.371. The van der Waals surface area contributed by atoms with E-state index in [2.05, 4.69) is 5.32 Å². The Morgan fingerprint density at radius 3 is 2.20 bits per heavy atom. The van der Waals surface area contributed by atoms with Crippen LogP contribution in [0, 0.1) is 23.7 Å². The van der Waals surface area contributed by atoms with E-state index in [1.165, 1.54) is 12.8 Å². The lowest BCUT2D eigenvalue weighted by molar-refractivity contribution is -0.134. The van der Waals surface area contributed by atoms with Gasteiger partial charge in [0.05, 0.1) is 11.2 Å². The Kier molecular flexibility index (Phi) is 9.86. The number of hydrogen-bond acceptors (Lipinski definition) is 5. The molecule has 2 saturated carbocycles. The molecule has 7 nitrogen and oxygen atoms in total. The van der Waals surface area contributed by atoms with E-state index >= 15 is 0 Å². The number of alkyl halides is 1. The fourth-order valence-electron chi connectivity index (χ4n) is 7.27. The number of rotatable bonds is 6. The molecule has 5 unspecified atom stereocenters. The molecular weight excluding hydrogens is 510 g/mol. The zero-order valence-electron chi connectivity index (χ0n) is 26.1. The molecule has 1 N–H and O–H groups in total. The second-order valence-corrected chi connectivity index (χ2v) is 15.1. The Morgan fingerprint density at radius 1 is 0.925 bits per heavy atom. The fraction of sp³-hybridized carbons (Fsp3) is 0.935. The average Bonchev–Trinajstić information content (AvgIpc) is 3.09. The maximum absolute atomic E-state index is 15.0. The standard InChI is InChI=1S/C31H54BFN2O5/c1-29(2,3)38-28(37)34-20-22-9-8-10-24(17-22)23-13-15-35(16-14-23)27(36)19-21-11-12-26(33)25(18-21)32-39-30(4,5)31(6,7)40-32/h21-26H,8-20H2,1-7H3,(H,34,37). The van der Waals surface area contributed by atoms with Gasteiger partial charge in [-0.05, 0) is 117 Å². The zero-order chi connectivity index (χ0) is 29.3. The first-order valence-electron chi connectivity index (χ1n) is 15.9. The van der Waals surface area contributed by atoms with E-state index in [9.17, 15) is 14.0 Å². The van der Waals surface area contributed by atoms with Crippen LogP contribution >= 0.6 is 0 Å². The summed E-state index contributed by atoms with van der Waals surface area (Å²) in [7, 11) is -0.549. The van der Waals surface area contributed by atoms with Crippen LogP contribution in [0.2, 0.25) is 5.82 Å². The molecule has 0 bridgehead atoms. The fourth-order valence-corrected chi connectivity index (χ4v) is 7.27. The number of amides is 2. The van der Waals surface area contributed by atoms with Gasteiger partial charge in [0.1, 0.15) is 11.8 Å². The number of hydrogen-bond donors (Lipinski definition) is 1. The summed E-state index contributed by atoms with van der Waals surface area (Å²) in [6.07, 6.45) is 7.92. The Bertz CT molecular complexity index is 869. The van der Waals surface area contributed by atoms with E-state index in [4.69, 9.17) is 14.0 Å². The van der Waals surface area contributed by atoms with Gasteiger partial charge >= 0.3 is 13.2 Å². The van der Waals surface area contributed by atoms with Gasteiger partial charge in [-0.1, -0.05) is 12.8 Å². The third kappa shape index (κ3) is 7.93. The third-order valence-electron chi connectivity index (χ3n) is 10.3. The minimum Gasteiger partial charge on any atom is -0.444 e. The highest BCUT2D eigenvalue weighted by Crippen LogP contribution is 2.47. The van der Waals surface area contributed by atoms with Crippen LogP contribution in [0.1, 0.15) is 113 Å². The van der Waals surface area contributed by atoms with Crippen molar-refractivity contribution >= 4 is 19.1 Å². The van der Waals surface area contributed by atoms with Crippen molar-refractivity contribution < 1.29 is 28.0 Å². The number of carbonyl (C=O) groups excluding carboxylic acids is 2. The van der Waals surface area contributed by atoms with Gasteiger partial charge in [0.25, 0.3) is 0 Å². The normalized spacial score (nSPS) is 33.0. The van der Waals surface area contributed by atoms with Crippen LogP contribution in [0.3, 0.4) is 0 Å². The van der Waals surface area contributed by atoms with Gasteiger partial charge in [0.15, 0.2) is 0 Å². The second kappa shape index (κ2) is 12.5. The van der Waals surface area contributed by atoms with Crippen molar-refractivity contribution in [1.29, 1.82) is 0 Å². The maximum atomic E-state index is 15.0. The van der Waals surface area contributed by atoms with Crippen LogP contribution in [0.25, 0.3) is 0 Å². The van der Waals surface area contributed by atoms with Gasteiger partial charge in [-0.15, -0.1) is 0 Å². The van der Waals surface area contributed by atoms with Crippen molar-refractivity contribution in [2.75, 3.05) is 19.6 Å². The number of alkyl carbamates (subject to hydrolysis) is 1. The second-order valence-electron chi connectivity index (χ2n) is 15.1. The lowest BCUT2D eigenvalue weighted by Gasteiger charge is -2.40. The van der Waals surface area contributed by atoms with Gasteiger partial charge in [-0.2, -0.15) is 0 Å². The van der Waals surface area contributed by atoms with Crippen LogP contribution in [0.5, 0.6) is 0 Å². The van der Waals surface area contributed by atoms with Crippen molar-refractivity contribution in [2.24, 2.45) is 23.7 Å². The van der Waals surface area contributed by atoms with Gasteiger partial charge in [-0.3, -0.25) is 4.79 Å².